The Morgan fingerprint density at radius 3 is 1.59 bits per heavy atom. The zero-order valence-electron chi connectivity index (χ0n) is 31.3. The van der Waals surface area contributed by atoms with Gasteiger partial charge in [0.1, 0.15) is 0 Å². The lowest BCUT2D eigenvalue weighted by Gasteiger charge is -2.17. The van der Waals surface area contributed by atoms with Crippen molar-refractivity contribution in [3.63, 3.8) is 0 Å². The molecule has 0 amide bonds. The van der Waals surface area contributed by atoms with Crippen molar-refractivity contribution in [1.82, 2.24) is 24.1 Å². The van der Waals surface area contributed by atoms with E-state index in [0.717, 1.165) is 60.9 Å². The Morgan fingerprint density at radius 1 is 0.293 bits per heavy atom. The van der Waals surface area contributed by atoms with E-state index in [9.17, 15) is 0 Å². The Labute approximate surface area is 333 Å². The van der Waals surface area contributed by atoms with Gasteiger partial charge < -0.3 is 9.13 Å². The fourth-order valence-electron chi connectivity index (χ4n) is 8.88. The third-order valence-electron chi connectivity index (χ3n) is 11.5. The van der Waals surface area contributed by atoms with Crippen molar-refractivity contribution in [2.45, 2.75) is 0 Å². The standard InChI is InChI=1S/C53H33N5/c1-3-16-35(17-4-1)51-54-52(38-28-29-43-41-23-11-13-25-46(41)57(48(43)33-38)39-20-5-2-6-21-39)56-53(55-51)44-30-27-34-15-9-10-22-40(34)50(44)58-47-26-14-12-24-42(47)45-31-36-18-7-8-19-37(36)32-49(45)58/h1-33H. The molecule has 5 heteroatoms. The third kappa shape index (κ3) is 5.00. The van der Waals surface area contributed by atoms with E-state index in [-0.39, 0.29) is 0 Å². The van der Waals surface area contributed by atoms with Crippen LogP contribution in [0, 0.1) is 0 Å². The number of nitrogens with zero attached hydrogens (tertiary/aromatic N) is 5. The first kappa shape index (κ1) is 32.4. The summed E-state index contributed by atoms with van der Waals surface area (Å²) in [5, 5.41) is 9.46. The lowest BCUT2D eigenvalue weighted by Crippen LogP contribution is -2.04. The monoisotopic (exact) mass is 739 g/mol. The number of benzene rings is 9. The van der Waals surface area contributed by atoms with Crippen LogP contribution in [-0.4, -0.2) is 24.1 Å². The Kier molecular flexibility index (Phi) is 7.16. The highest BCUT2D eigenvalue weighted by molar-refractivity contribution is 6.15. The van der Waals surface area contributed by atoms with Gasteiger partial charge in [0.15, 0.2) is 17.5 Å². The molecule has 9 aromatic carbocycles. The minimum absolute atomic E-state index is 0.611. The minimum atomic E-state index is 0.611. The highest BCUT2D eigenvalue weighted by Crippen LogP contribution is 2.41. The van der Waals surface area contributed by atoms with Crippen molar-refractivity contribution < 1.29 is 0 Å². The predicted octanol–water partition coefficient (Wildman–Crippen LogP) is 13.4. The predicted molar refractivity (Wildman–Crippen MR) is 240 cm³/mol. The van der Waals surface area contributed by atoms with Gasteiger partial charge in [-0.05, 0) is 64.7 Å². The molecule has 0 bridgehead atoms. The Bertz CT molecular complexity index is 3560. The van der Waals surface area contributed by atoms with E-state index < -0.39 is 0 Å². The molecule has 0 atom stereocenters. The van der Waals surface area contributed by atoms with E-state index in [2.05, 4.69) is 191 Å². The molecule has 0 N–H and O–H groups in total. The third-order valence-corrected chi connectivity index (χ3v) is 11.5. The summed E-state index contributed by atoms with van der Waals surface area (Å²) in [6.45, 7) is 0. The van der Waals surface area contributed by atoms with Gasteiger partial charge in [-0.15, -0.1) is 0 Å². The largest absolute Gasteiger partial charge is 0.309 e. The van der Waals surface area contributed by atoms with Gasteiger partial charge in [-0.1, -0.05) is 152 Å². The molecule has 0 saturated carbocycles. The molecular formula is C53H33N5. The van der Waals surface area contributed by atoms with E-state index in [1.165, 1.54) is 32.3 Å². The molecule has 0 fully saturated rings. The van der Waals surface area contributed by atoms with Gasteiger partial charge in [-0.2, -0.15) is 0 Å². The van der Waals surface area contributed by atoms with E-state index in [1.807, 2.05) is 18.2 Å². The van der Waals surface area contributed by atoms with Crippen LogP contribution in [0.15, 0.2) is 200 Å². The highest BCUT2D eigenvalue weighted by Gasteiger charge is 2.22. The van der Waals surface area contributed by atoms with Crippen molar-refractivity contribution in [1.29, 1.82) is 0 Å². The van der Waals surface area contributed by atoms with Gasteiger partial charge in [0, 0.05) is 49.3 Å². The smallest absolute Gasteiger partial charge is 0.166 e. The number of hydrogen-bond acceptors (Lipinski definition) is 3. The number of rotatable bonds is 5. The van der Waals surface area contributed by atoms with Crippen LogP contribution in [0.5, 0.6) is 0 Å². The van der Waals surface area contributed by atoms with Gasteiger partial charge in [0.05, 0.1) is 27.8 Å². The summed E-state index contributed by atoms with van der Waals surface area (Å²) in [5.74, 6) is 1.85. The zero-order valence-corrected chi connectivity index (χ0v) is 31.3. The Hall–Kier alpha value is -7.89. The van der Waals surface area contributed by atoms with Gasteiger partial charge in [0.25, 0.3) is 0 Å². The van der Waals surface area contributed by atoms with Gasteiger partial charge in [0.2, 0.25) is 0 Å². The molecule has 270 valence electrons. The summed E-state index contributed by atoms with van der Waals surface area (Å²) in [6, 6.07) is 70.9. The van der Waals surface area contributed by atoms with Crippen molar-refractivity contribution in [2.75, 3.05) is 0 Å². The Balaban J connectivity index is 1.16. The summed E-state index contributed by atoms with van der Waals surface area (Å²) in [5.41, 5.74) is 9.42. The second kappa shape index (κ2) is 12.8. The van der Waals surface area contributed by atoms with E-state index in [4.69, 9.17) is 15.0 Å². The van der Waals surface area contributed by atoms with E-state index >= 15 is 0 Å². The molecular weight excluding hydrogens is 707 g/mol. The molecule has 0 spiro atoms. The molecule has 0 unspecified atom stereocenters. The number of fused-ring (bicyclic) bond motifs is 8. The summed E-state index contributed by atoms with van der Waals surface area (Å²) >= 11 is 0. The molecule has 12 rings (SSSR count). The van der Waals surface area contributed by atoms with Crippen molar-refractivity contribution in [2.24, 2.45) is 0 Å². The lowest BCUT2D eigenvalue weighted by molar-refractivity contribution is 1.07. The lowest BCUT2D eigenvalue weighted by atomic mass is 10.0. The average molecular weight is 740 g/mol. The molecule has 0 aliphatic carbocycles. The normalized spacial score (nSPS) is 11.8. The van der Waals surface area contributed by atoms with Crippen molar-refractivity contribution >= 4 is 65.2 Å². The minimum Gasteiger partial charge on any atom is -0.309 e. The SMILES string of the molecule is c1ccc(-c2nc(-c3ccc4c5ccccc5n(-c5ccccc5)c4c3)nc(-c3ccc4ccccc4c3-n3c4ccccc4c4cc5ccccc5cc43)n2)cc1. The van der Waals surface area contributed by atoms with Gasteiger partial charge in [-0.3, -0.25) is 0 Å². The van der Waals surface area contributed by atoms with E-state index in [1.54, 1.807) is 0 Å². The fourth-order valence-corrected chi connectivity index (χ4v) is 8.88. The summed E-state index contributed by atoms with van der Waals surface area (Å²) in [7, 11) is 0. The second-order valence-electron chi connectivity index (χ2n) is 14.8. The van der Waals surface area contributed by atoms with Crippen molar-refractivity contribution in [3.05, 3.63) is 200 Å². The molecule has 0 radical (unpaired) electrons. The molecule has 3 aromatic heterocycles. The number of para-hydroxylation sites is 3. The zero-order chi connectivity index (χ0) is 38.2. The summed E-state index contributed by atoms with van der Waals surface area (Å²) < 4.78 is 4.76. The molecule has 5 nitrogen and oxygen atoms in total. The molecule has 0 saturated heterocycles. The van der Waals surface area contributed by atoms with Crippen LogP contribution in [0.2, 0.25) is 0 Å². The number of hydrogen-bond donors (Lipinski definition) is 0. The highest BCUT2D eigenvalue weighted by atomic mass is 15.1. The quantitative estimate of drug-likeness (QED) is 0.177. The molecule has 12 aromatic rings. The first-order valence-corrected chi connectivity index (χ1v) is 19.6. The van der Waals surface area contributed by atoms with Crippen LogP contribution >= 0.6 is 0 Å². The van der Waals surface area contributed by atoms with Crippen LogP contribution in [0.4, 0.5) is 0 Å². The summed E-state index contributed by atoms with van der Waals surface area (Å²) in [6.07, 6.45) is 0. The molecule has 0 aliphatic heterocycles. The first-order chi connectivity index (χ1) is 28.8. The number of aromatic nitrogens is 5. The van der Waals surface area contributed by atoms with Crippen LogP contribution in [0.1, 0.15) is 0 Å². The van der Waals surface area contributed by atoms with Crippen molar-refractivity contribution in [3.8, 4) is 45.5 Å². The van der Waals surface area contributed by atoms with Crippen LogP contribution in [0.3, 0.4) is 0 Å². The second-order valence-corrected chi connectivity index (χ2v) is 14.8. The maximum atomic E-state index is 5.41. The van der Waals surface area contributed by atoms with Crippen LogP contribution in [0.25, 0.3) is 111 Å². The maximum absolute atomic E-state index is 5.41. The fraction of sp³-hybridized carbons (Fsp3) is 0. The molecule has 0 aliphatic rings. The first-order valence-electron chi connectivity index (χ1n) is 19.6. The molecule has 3 heterocycles. The van der Waals surface area contributed by atoms with Gasteiger partial charge >= 0.3 is 0 Å². The Morgan fingerprint density at radius 2 is 0.828 bits per heavy atom. The van der Waals surface area contributed by atoms with Crippen LogP contribution < -0.4 is 0 Å². The summed E-state index contributed by atoms with van der Waals surface area (Å²) in [4.78, 5) is 15.9. The topological polar surface area (TPSA) is 48.5 Å². The molecule has 58 heavy (non-hydrogen) atoms. The van der Waals surface area contributed by atoms with Crippen LogP contribution in [-0.2, 0) is 0 Å². The maximum Gasteiger partial charge on any atom is 0.166 e. The average Bonchev–Trinajstić information content (AvgIpc) is 3.80. The van der Waals surface area contributed by atoms with E-state index in [0.29, 0.717) is 17.5 Å². The van der Waals surface area contributed by atoms with Gasteiger partial charge in [-0.25, -0.2) is 15.0 Å².